The topological polar surface area (TPSA) is 55.4 Å². The van der Waals surface area contributed by atoms with Crippen LogP contribution in [0.3, 0.4) is 0 Å². The lowest BCUT2D eigenvalue weighted by molar-refractivity contribution is 0.100. The molecule has 0 spiro atoms. The fourth-order valence-corrected chi connectivity index (χ4v) is 4.48. The zero-order chi connectivity index (χ0) is 15.3. The van der Waals surface area contributed by atoms with E-state index in [2.05, 4.69) is 4.72 Å². The van der Waals surface area contributed by atoms with Crippen LogP contribution in [0.5, 0.6) is 0 Å². The van der Waals surface area contributed by atoms with Gasteiger partial charge >= 0.3 is 0 Å². The molecule has 1 aliphatic rings. The number of hydrogen-bond donors (Lipinski definition) is 1. The van der Waals surface area contributed by atoms with Crippen LogP contribution in [0, 0.1) is 5.82 Å². The van der Waals surface area contributed by atoms with Crippen molar-refractivity contribution < 1.29 is 17.5 Å². The Bertz CT molecular complexity index is 577. The lowest BCUT2D eigenvalue weighted by atomic mass is 10.2. The molecule has 1 saturated heterocycles. The molecule has 0 saturated carbocycles. The zero-order valence-corrected chi connectivity index (χ0v) is 13.7. The van der Waals surface area contributed by atoms with E-state index in [1.54, 1.807) is 11.8 Å². The van der Waals surface area contributed by atoms with Gasteiger partial charge in [-0.25, -0.2) is 17.5 Å². The highest BCUT2D eigenvalue weighted by molar-refractivity contribution is 8.00. The lowest BCUT2D eigenvalue weighted by Gasteiger charge is -2.21. The van der Waals surface area contributed by atoms with Gasteiger partial charge in [-0.1, -0.05) is 11.6 Å². The van der Waals surface area contributed by atoms with Crippen molar-refractivity contribution in [3.8, 4) is 0 Å². The van der Waals surface area contributed by atoms with Crippen LogP contribution in [0.2, 0.25) is 5.02 Å². The Morgan fingerprint density at radius 3 is 2.76 bits per heavy atom. The second-order valence-electron chi connectivity index (χ2n) is 4.66. The summed E-state index contributed by atoms with van der Waals surface area (Å²) >= 11 is 7.35. The molecule has 8 heteroatoms. The number of nitrogens with one attached hydrogen (secondary N) is 1. The van der Waals surface area contributed by atoms with E-state index in [1.807, 2.05) is 0 Å². The van der Waals surface area contributed by atoms with E-state index in [0.717, 1.165) is 38.2 Å². The predicted octanol–water partition coefficient (Wildman–Crippen LogP) is 2.67. The molecule has 1 N–H and O–H groups in total. The van der Waals surface area contributed by atoms with Crippen LogP contribution in [0.4, 0.5) is 4.39 Å². The van der Waals surface area contributed by atoms with Crippen molar-refractivity contribution in [2.75, 3.05) is 25.5 Å². The summed E-state index contributed by atoms with van der Waals surface area (Å²) in [6.07, 6.45) is 2.01. The highest BCUT2D eigenvalue weighted by Gasteiger charge is 2.17. The first-order chi connectivity index (χ1) is 9.99. The standard InChI is InChI=1S/C13H17ClFNO3S2/c14-12-9-11(1-2-13(12)15)21(17,18)16-5-8-20-10-3-6-19-7-4-10/h1-2,9-10,16H,3-8H2. The van der Waals surface area contributed by atoms with Gasteiger partial charge in [-0.05, 0) is 31.0 Å². The van der Waals surface area contributed by atoms with Gasteiger partial charge in [0.2, 0.25) is 10.0 Å². The van der Waals surface area contributed by atoms with Gasteiger partial charge in [-0.2, -0.15) is 11.8 Å². The number of rotatable bonds is 6. The minimum absolute atomic E-state index is 0.0232. The van der Waals surface area contributed by atoms with Crippen molar-refractivity contribution in [3.63, 3.8) is 0 Å². The smallest absolute Gasteiger partial charge is 0.240 e. The largest absolute Gasteiger partial charge is 0.381 e. The van der Waals surface area contributed by atoms with Gasteiger partial charge < -0.3 is 4.74 Å². The third kappa shape index (κ3) is 5.10. The van der Waals surface area contributed by atoms with Crippen LogP contribution < -0.4 is 4.72 Å². The first-order valence-corrected chi connectivity index (χ1v) is 9.54. The van der Waals surface area contributed by atoms with Crippen molar-refractivity contribution in [1.29, 1.82) is 0 Å². The zero-order valence-electron chi connectivity index (χ0n) is 11.3. The highest BCUT2D eigenvalue weighted by atomic mass is 35.5. The fourth-order valence-electron chi connectivity index (χ4n) is 1.97. The maximum absolute atomic E-state index is 13.0. The normalized spacial score (nSPS) is 17.0. The first kappa shape index (κ1) is 17.0. The minimum atomic E-state index is -3.64. The maximum Gasteiger partial charge on any atom is 0.240 e. The number of hydrogen-bond acceptors (Lipinski definition) is 4. The van der Waals surface area contributed by atoms with Gasteiger partial charge in [0.1, 0.15) is 5.82 Å². The number of thioether (sulfide) groups is 1. The van der Waals surface area contributed by atoms with Crippen LogP contribution in [0.25, 0.3) is 0 Å². The van der Waals surface area contributed by atoms with Crippen molar-refractivity contribution in [2.24, 2.45) is 0 Å². The fraction of sp³-hybridized carbons (Fsp3) is 0.538. The molecule has 0 aliphatic carbocycles. The predicted molar refractivity (Wildman–Crippen MR) is 82.9 cm³/mol. The molecule has 1 fully saturated rings. The molecule has 1 aromatic rings. The summed E-state index contributed by atoms with van der Waals surface area (Å²) in [6, 6.07) is 3.37. The molecule has 0 aromatic heterocycles. The summed E-state index contributed by atoms with van der Waals surface area (Å²) < 4.78 is 44.9. The molecule has 1 aromatic carbocycles. The van der Waals surface area contributed by atoms with Gasteiger partial charge in [0, 0.05) is 30.8 Å². The van der Waals surface area contributed by atoms with Crippen molar-refractivity contribution in [3.05, 3.63) is 29.0 Å². The SMILES string of the molecule is O=S(=O)(NCCSC1CCOCC1)c1ccc(F)c(Cl)c1. The summed E-state index contributed by atoms with van der Waals surface area (Å²) in [7, 11) is -3.64. The van der Waals surface area contributed by atoms with E-state index >= 15 is 0 Å². The molecular formula is C13H17ClFNO3S2. The minimum Gasteiger partial charge on any atom is -0.381 e. The molecule has 1 heterocycles. The second kappa shape index (κ2) is 7.78. The maximum atomic E-state index is 13.0. The second-order valence-corrected chi connectivity index (χ2v) is 8.24. The molecule has 0 amide bonds. The quantitative estimate of drug-likeness (QED) is 0.799. The van der Waals surface area contributed by atoms with Crippen LogP contribution in [-0.2, 0) is 14.8 Å². The Hall–Kier alpha value is -0.340. The van der Waals surface area contributed by atoms with Gasteiger partial charge in [0.15, 0.2) is 0 Å². The summed E-state index contributed by atoms with van der Waals surface area (Å²) in [5, 5.41) is 0.331. The Morgan fingerprint density at radius 2 is 2.10 bits per heavy atom. The van der Waals surface area contributed by atoms with E-state index in [-0.39, 0.29) is 9.92 Å². The Kier molecular flexibility index (Phi) is 6.31. The molecule has 2 rings (SSSR count). The lowest BCUT2D eigenvalue weighted by Crippen LogP contribution is -2.27. The molecule has 1 aliphatic heterocycles. The highest BCUT2D eigenvalue weighted by Crippen LogP contribution is 2.22. The van der Waals surface area contributed by atoms with E-state index in [1.165, 1.54) is 6.07 Å². The Labute approximate surface area is 133 Å². The van der Waals surface area contributed by atoms with Crippen LogP contribution in [0.1, 0.15) is 12.8 Å². The third-order valence-corrected chi connectivity index (χ3v) is 6.25. The molecule has 0 unspecified atom stereocenters. The summed E-state index contributed by atoms with van der Waals surface area (Å²) in [4.78, 5) is -0.0232. The summed E-state index contributed by atoms with van der Waals surface area (Å²) in [5.74, 6) is 0.0597. The number of ether oxygens (including phenoxy) is 1. The molecule has 4 nitrogen and oxygen atoms in total. The summed E-state index contributed by atoms with van der Waals surface area (Å²) in [5.41, 5.74) is 0. The van der Waals surface area contributed by atoms with Crippen LogP contribution in [0.15, 0.2) is 23.1 Å². The average molecular weight is 354 g/mol. The van der Waals surface area contributed by atoms with E-state index in [0.29, 0.717) is 17.5 Å². The van der Waals surface area contributed by atoms with Gasteiger partial charge in [-0.15, -0.1) is 0 Å². The molecule has 0 radical (unpaired) electrons. The van der Waals surface area contributed by atoms with Crippen molar-refractivity contribution >= 4 is 33.4 Å². The average Bonchev–Trinajstić information content (AvgIpc) is 2.47. The number of sulfonamides is 1. The monoisotopic (exact) mass is 353 g/mol. The van der Waals surface area contributed by atoms with Gasteiger partial charge in [0.25, 0.3) is 0 Å². The number of halogens is 2. The molecule has 21 heavy (non-hydrogen) atoms. The first-order valence-electron chi connectivity index (χ1n) is 6.63. The van der Waals surface area contributed by atoms with E-state index in [9.17, 15) is 12.8 Å². The molecule has 0 bridgehead atoms. The van der Waals surface area contributed by atoms with Crippen LogP contribution in [-0.4, -0.2) is 39.2 Å². The Balaban J connectivity index is 1.82. The molecule has 118 valence electrons. The van der Waals surface area contributed by atoms with Crippen molar-refractivity contribution in [1.82, 2.24) is 4.72 Å². The van der Waals surface area contributed by atoms with E-state index in [4.69, 9.17) is 16.3 Å². The van der Waals surface area contributed by atoms with E-state index < -0.39 is 15.8 Å². The van der Waals surface area contributed by atoms with Gasteiger partial charge in [-0.3, -0.25) is 0 Å². The molecule has 0 atom stereocenters. The number of benzene rings is 1. The van der Waals surface area contributed by atoms with Crippen molar-refractivity contribution in [2.45, 2.75) is 23.0 Å². The summed E-state index contributed by atoms with van der Waals surface area (Å²) in [6.45, 7) is 1.88. The van der Waals surface area contributed by atoms with Gasteiger partial charge in [0.05, 0.1) is 9.92 Å². The Morgan fingerprint density at radius 1 is 1.38 bits per heavy atom. The van der Waals surface area contributed by atoms with Crippen LogP contribution >= 0.6 is 23.4 Å². The third-order valence-electron chi connectivity index (χ3n) is 3.12. The molecular weight excluding hydrogens is 337 g/mol.